The van der Waals surface area contributed by atoms with Gasteiger partial charge in [0.1, 0.15) is 0 Å². The molecule has 0 spiro atoms. The SMILES string of the molecule is CCC(CC)CN(CC)CC(C#N)c1ccccc1. The van der Waals surface area contributed by atoms with E-state index in [9.17, 15) is 5.26 Å². The summed E-state index contributed by atoms with van der Waals surface area (Å²) < 4.78 is 0. The summed E-state index contributed by atoms with van der Waals surface area (Å²) in [6, 6.07) is 12.6. The molecule has 0 aromatic heterocycles. The van der Waals surface area contributed by atoms with Crippen LogP contribution in [0.15, 0.2) is 30.3 Å². The Morgan fingerprint density at radius 2 is 1.68 bits per heavy atom. The summed E-state index contributed by atoms with van der Waals surface area (Å²) in [6.07, 6.45) is 2.44. The average molecular weight is 258 g/mol. The molecular weight excluding hydrogens is 232 g/mol. The number of benzene rings is 1. The number of nitriles is 1. The molecule has 0 radical (unpaired) electrons. The van der Waals surface area contributed by atoms with Gasteiger partial charge >= 0.3 is 0 Å². The molecule has 0 aliphatic heterocycles. The molecule has 2 heteroatoms. The van der Waals surface area contributed by atoms with Gasteiger partial charge in [-0.25, -0.2) is 0 Å². The van der Waals surface area contributed by atoms with E-state index >= 15 is 0 Å². The molecule has 0 aliphatic carbocycles. The second-order valence-electron chi connectivity index (χ2n) is 5.13. The van der Waals surface area contributed by atoms with Crippen LogP contribution in [0.3, 0.4) is 0 Å². The Morgan fingerprint density at radius 3 is 2.16 bits per heavy atom. The molecule has 2 nitrogen and oxygen atoms in total. The highest BCUT2D eigenvalue weighted by molar-refractivity contribution is 5.25. The molecule has 1 aromatic carbocycles. The zero-order chi connectivity index (χ0) is 14.1. The number of nitrogens with zero attached hydrogens (tertiary/aromatic N) is 2. The summed E-state index contributed by atoms with van der Waals surface area (Å²) in [5.41, 5.74) is 1.13. The Balaban J connectivity index is 2.65. The smallest absolute Gasteiger partial charge is 0.0839 e. The Morgan fingerprint density at radius 1 is 1.05 bits per heavy atom. The second-order valence-corrected chi connectivity index (χ2v) is 5.13. The van der Waals surface area contributed by atoms with Crippen molar-refractivity contribution in [2.24, 2.45) is 5.92 Å². The van der Waals surface area contributed by atoms with Crippen LogP contribution in [0.25, 0.3) is 0 Å². The summed E-state index contributed by atoms with van der Waals surface area (Å²) in [4.78, 5) is 2.42. The highest BCUT2D eigenvalue weighted by Crippen LogP contribution is 2.18. The van der Waals surface area contributed by atoms with Crippen LogP contribution in [-0.4, -0.2) is 24.5 Å². The van der Waals surface area contributed by atoms with Gasteiger partial charge in [-0.3, -0.25) is 0 Å². The van der Waals surface area contributed by atoms with Gasteiger partial charge in [-0.1, -0.05) is 63.9 Å². The van der Waals surface area contributed by atoms with Gasteiger partial charge in [0.25, 0.3) is 0 Å². The Hall–Kier alpha value is -1.33. The maximum Gasteiger partial charge on any atom is 0.0839 e. The first-order chi connectivity index (χ1) is 9.24. The van der Waals surface area contributed by atoms with Crippen molar-refractivity contribution in [3.05, 3.63) is 35.9 Å². The minimum absolute atomic E-state index is 0.0180. The Labute approximate surface area is 118 Å². The fourth-order valence-corrected chi connectivity index (χ4v) is 2.41. The van der Waals surface area contributed by atoms with Crippen LogP contribution in [0, 0.1) is 17.2 Å². The second kappa shape index (κ2) is 8.72. The molecule has 0 aliphatic rings. The van der Waals surface area contributed by atoms with Crippen LogP contribution in [0.1, 0.15) is 45.1 Å². The first-order valence-electron chi connectivity index (χ1n) is 7.41. The molecule has 19 heavy (non-hydrogen) atoms. The summed E-state index contributed by atoms with van der Waals surface area (Å²) in [5, 5.41) is 9.40. The van der Waals surface area contributed by atoms with Crippen LogP contribution in [-0.2, 0) is 0 Å². The van der Waals surface area contributed by atoms with Crippen molar-refractivity contribution in [2.75, 3.05) is 19.6 Å². The van der Waals surface area contributed by atoms with E-state index in [2.05, 4.69) is 43.9 Å². The molecule has 0 heterocycles. The summed E-state index contributed by atoms with van der Waals surface area (Å²) in [6.45, 7) is 9.65. The van der Waals surface area contributed by atoms with Crippen LogP contribution < -0.4 is 0 Å². The summed E-state index contributed by atoms with van der Waals surface area (Å²) >= 11 is 0. The number of hydrogen-bond donors (Lipinski definition) is 0. The van der Waals surface area contributed by atoms with Gasteiger partial charge in [-0.05, 0) is 18.0 Å². The van der Waals surface area contributed by atoms with E-state index in [1.165, 1.54) is 12.8 Å². The van der Waals surface area contributed by atoms with Gasteiger partial charge in [0.15, 0.2) is 0 Å². The van der Waals surface area contributed by atoms with Gasteiger partial charge < -0.3 is 4.90 Å². The van der Waals surface area contributed by atoms with E-state index in [0.717, 1.165) is 31.1 Å². The van der Waals surface area contributed by atoms with Crippen LogP contribution in [0.4, 0.5) is 0 Å². The lowest BCUT2D eigenvalue weighted by atomic mass is 9.98. The number of rotatable bonds is 8. The Bertz CT molecular complexity index is 376. The van der Waals surface area contributed by atoms with Gasteiger partial charge in [0.05, 0.1) is 12.0 Å². The van der Waals surface area contributed by atoms with Gasteiger partial charge in [0.2, 0.25) is 0 Å². The lowest BCUT2D eigenvalue weighted by molar-refractivity contribution is 0.230. The molecule has 104 valence electrons. The molecule has 0 saturated heterocycles. The van der Waals surface area contributed by atoms with E-state index < -0.39 is 0 Å². The molecule has 0 amide bonds. The quantitative estimate of drug-likeness (QED) is 0.703. The average Bonchev–Trinajstić information content (AvgIpc) is 2.48. The van der Waals surface area contributed by atoms with Crippen molar-refractivity contribution in [1.29, 1.82) is 5.26 Å². The molecule has 1 aromatic rings. The van der Waals surface area contributed by atoms with Gasteiger partial charge in [-0.15, -0.1) is 0 Å². The van der Waals surface area contributed by atoms with Crippen molar-refractivity contribution >= 4 is 0 Å². The van der Waals surface area contributed by atoms with E-state index in [1.807, 2.05) is 18.2 Å². The zero-order valence-electron chi connectivity index (χ0n) is 12.5. The maximum atomic E-state index is 9.40. The number of likely N-dealkylation sites (N-methyl/N-ethyl adjacent to an activating group) is 1. The molecule has 0 N–H and O–H groups in total. The van der Waals surface area contributed by atoms with E-state index in [1.54, 1.807) is 0 Å². The molecule has 0 bridgehead atoms. The topological polar surface area (TPSA) is 27.0 Å². The molecule has 0 fully saturated rings. The van der Waals surface area contributed by atoms with E-state index in [-0.39, 0.29) is 5.92 Å². The molecule has 1 rings (SSSR count). The lowest BCUT2D eigenvalue weighted by Crippen LogP contribution is -2.32. The lowest BCUT2D eigenvalue weighted by Gasteiger charge is -2.27. The maximum absolute atomic E-state index is 9.40. The Kier molecular flexibility index (Phi) is 7.22. The van der Waals surface area contributed by atoms with Crippen molar-refractivity contribution in [1.82, 2.24) is 4.90 Å². The normalized spacial score (nSPS) is 12.6. The first kappa shape index (κ1) is 15.7. The molecule has 1 unspecified atom stereocenters. The molecule has 1 atom stereocenters. The minimum Gasteiger partial charge on any atom is -0.302 e. The minimum atomic E-state index is -0.0180. The predicted molar refractivity (Wildman–Crippen MR) is 81.0 cm³/mol. The third kappa shape index (κ3) is 5.04. The zero-order valence-corrected chi connectivity index (χ0v) is 12.5. The van der Waals surface area contributed by atoms with Gasteiger partial charge in [0, 0.05) is 13.1 Å². The van der Waals surface area contributed by atoms with Crippen LogP contribution in [0.2, 0.25) is 0 Å². The van der Waals surface area contributed by atoms with Crippen LogP contribution >= 0.6 is 0 Å². The first-order valence-corrected chi connectivity index (χ1v) is 7.41. The molecular formula is C17H26N2. The van der Waals surface area contributed by atoms with Crippen molar-refractivity contribution < 1.29 is 0 Å². The van der Waals surface area contributed by atoms with Crippen LogP contribution in [0.5, 0.6) is 0 Å². The van der Waals surface area contributed by atoms with Crippen molar-refractivity contribution in [3.8, 4) is 6.07 Å². The standard InChI is InChI=1S/C17H26N2/c1-4-15(5-2)13-19(6-3)14-17(12-18)16-10-8-7-9-11-16/h7-11,15,17H,4-6,13-14H2,1-3H3. The molecule has 0 saturated carbocycles. The highest BCUT2D eigenvalue weighted by Gasteiger charge is 2.16. The fraction of sp³-hybridized carbons (Fsp3) is 0.588. The summed E-state index contributed by atoms with van der Waals surface area (Å²) in [7, 11) is 0. The van der Waals surface area contributed by atoms with Gasteiger partial charge in [-0.2, -0.15) is 5.26 Å². The van der Waals surface area contributed by atoms with Crippen molar-refractivity contribution in [3.63, 3.8) is 0 Å². The van der Waals surface area contributed by atoms with Crippen molar-refractivity contribution in [2.45, 2.75) is 39.5 Å². The third-order valence-corrected chi connectivity index (χ3v) is 3.92. The monoisotopic (exact) mass is 258 g/mol. The largest absolute Gasteiger partial charge is 0.302 e. The fourth-order valence-electron chi connectivity index (χ4n) is 2.41. The van der Waals surface area contributed by atoms with E-state index in [0.29, 0.717) is 0 Å². The summed E-state index contributed by atoms with van der Waals surface area (Å²) in [5.74, 6) is 0.727. The number of hydrogen-bond acceptors (Lipinski definition) is 2. The highest BCUT2D eigenvalue weighted by atomic mass is 15.1. The predicted octanol–water partition coefficient (Wildman–Crippen LogP) is 4.05. The third-order valence-electron chi connectivity index (χ3n) is 3.92. The van der Waals surface area contributed by atoms with E-state index in [4.69, 9.17) is 0 Å².